The molecule has 2 heteroatoms. The summed E-state index contributed by atoms with van der Waals surface area (Å²) in [7, 11) is 1.93. The lowest BCUT2D eigenvalue weighted by Gasteiger charge is -2.21. The van der Waals surface area contributed by atoms with E-state index in [1.807, 2.05) is 31.9 Å². The average Bonchev–Trinajstić information content (AvgIpc) is 2.08. The van der Waals surface area contributed by atoms with Gasteiger partial charge in [-0.1, -0.05) is 12.6 Å². The van der Waals surface area contributed by atoms with Crippen LogP contribution in [0.1, 0.15) is 12.5 Å². The molecule has 0 atom stereocenters. The molecule has 0 aliphatic rings. The van der Waals surface area contributed by atoms with Gasteiger partial charge in [-0.05, 0) is 25.5 Å². The molecule has 0 aliphatic heterocycles. The van der Waals surface area contributed by atoms with Gasteiger partial charge < -0.3 is 10.0 Å². The molecule has 0 aliphatic carbocycles. The minimum Gasteiger partial charge on any atom is -0.508 e. The van der Waals surface area contributed by atoms with Crippen molar-refractivity contribution in [3.63, 3.8) is 0 Å². The van der Waals surface area contributed by atoms with Gasteiger partial charge in [-0.2, -0.15) is 0 Å². The fourth-order valence-corrected chi connectivity index (χ4v) is 1.16. The molecule has 0 fully saturated rings. The van der Waals surface area contributed by atoms with Gasteiger partial charge in [-0.15, -0.1) is 0 Å². The van der Waals surface area contributed by atoms with Gasteiger partial charge in [0.05, 0.1) is 0 Å². The van der Waals surface area contributed by atoms with Crippen LogP contribution in [0.2, 0.25) is 0 Å². The number of benzene rings is 1. The first kappa shape index (κ1) is 9.65. The van der Waals surface area contributed by atoms with Crippen LogP contribution in [0.4, 0.5) is 5.69 Å². The molecule has 0 spiro atoms. The number of allylic oxidation sites excluding steroid dienone is 1. The van der Waals surface area contributed by atoms with E-state index in [2.05, 4.69) is 6.58 Å². The number of phenolic OH excluding ortho intramolecular Hbond substituents is 1. The first-order valence-corrected chi connectivity index (χ1v) is 4.21. The third-order valence-electron chi connectivity index (χ3n) is 2.13. The number of nitrogens with zero attached hydrogens (tertiary/aromatic N) is 1. The van der Waals surface area contributed by atoms with Crippen LogP contribution in [0.25, 0.3) is 0 Å². The SMILES string of the molecule is C=C(C)N(C)c1cc(O)ccc1C. The van der Waals surface area contributed by atoms with Gasteiger partial charge in [0.25, 0.3) is 0 Å². The maximum atomic E-state index is 9.31. The second-order valence-electron chi connectivity index (χ2n) is 3.27. The zero-order chi connectivity index (χ0) is 10.0. The third-order valence-corrected chi connectivity index (χ3v) is 2.13. The van der Waals surface area contributed by atoms with Crippen LogP contribution in [0.3, 0.4) is 0 Å². The first-order valence-electron chi connectivity index (χ1n) is 4.21. The van der Waals surface area contributed by atoms with Gasteiger partial charge in [-0.3, -0.25) is 0 Å². The second kappa shape index (κ2) is 3.52. The van der Waals surface area contributed by atoms with E-state index < -0.39 is 0 Å². The van der Waals surface area contributed by atoms with E-state index >= 15 is 0 Å². The van der Waals surface area contributed by atoms with Gasteiger partial charge in [-0.25, -0.2) is 0 Å². The van der Waals surface area contributed by atoms with Crippen molar-refractivity contribution >= 4 is 5.69 Å². The highest BCUT2D eigenvalue weighted by Gasteiger charge is 2.05. The average molecular weight is 177 g/mol. The summed E-state index contributed by atoms with van der Waals surface area (Å²) in [5.74, 6) is 0.286. The van der Waals surface area contributed by atoms with Crippen molar-refractivity contribution in [1.82, 2.24) is 0 Å². The van der Waals surface area contributed by atoms with Crippen molar-refractivity contribution in [3.8, 4) is 5.75 Å². The molecule has 0 aromatic heterocycles. The molecule has 0 amide bonds. The number of aryl methyl sites for hydroxylation is 1. The number of hydrogen-bond donors (Lipinski definition) is 1. The molecule has 1 aromatic rings. The van der Waals surface area contributed by atoms with E-state index in [9.17, 15) is 5.11 Å². The zero-order valence-corrected chi connectivity index (χ0v) is 8.33. The summed E-state index contributed by atoms with van der Waals surface area (Å²) in [6.07, 6.45) is 0. The molecule has 0 heterocycles. The van der Waals surface area contributed by atoms with Crippen LogP contribution >= 0.6 is 0 Å². The number of aromatic hydroxyl groups is 1. The number of phenols is 1. The highest BCUT2D eigenvalue weighted by atomic mass is 16.3. The molecule has 1 rings (SSSR count). The summed E-state index contributed by atoms with van der Waals surface area (Å²) in [4.78, 5) is 1.95. The topological polar surface area (TPSA) is 23.5 Å². The van der Waals surface area contributed by atoms with Gasteiger partial charge in [0, 0.05) is 24.5 Å². The van der Waals surface area contributed by atoms with Crippen molar-refractivity contribution in [2.75, 3.05) is 11.9 Å². The minimum atomic E-state index is 0.286. The molecule has 0 unspecified atom stereocenters. The quantitative estimate of drug-likeness (QED) is 0.750. The summed E-state index contributed by atoms with van der Waals surface area (Å²) in [6, 6.07) is 5.32. The van der Waals surface area contributed by atoms with Gasteiger partial charge in [0.1, 0.15) is 5.75 Å². The van der Waals surface area contributed by atoms with Gasteiger partial charge in [0.2, 0.25) is 0 Å². The molecule has 1 N–H and O–H groups in total. The Morgan fingerprint density at radius 3 is 2.62 bits per heavy atom. The summed E-state index contributed by atoms with van der Waals surface area (Å²) in [5.41, 5.74) is 3.07. The molecule has 0 bridgehead atoms. The van der Waals surface area contributed by atoms with Gasteiger partial charge in [0.15, 0.2) is 0 Å². The molecule has 0 saturated heterocycles. The molecular formula is C11H15NO. The summed E-state index contributed by atoms with van der Waals surface area (Å²) < 4.78 is 0. The standard InChI is InChI=1S/C11H15NO/c1-8(2)12(4)11-7-10(13)6-5-9(11)3/h5-7,13H,1H2,2-4H3. The second-order valence-corrected chi connectivity index (χ2v) is 3.27. The maximum Gasteiger partial charge on any atom is 0.117 e. The number of hydrogen-bond acceptors (Lipinski definition) is 2. The van der Waals surface area contributed by atoms with E-state index in [-0.39, 0.29) is 5.75 Å². The molecule has 70 valence electrons. The van der Waals surface area contributed by atoms with Gasteiger partial charge >= 0.3 is 0 Å². The Morgan fingerprint density at radius 2 is 2.08 bits per heavy atom. The summed E-state index contributed by atoms with van der Waals surface area (Å²) in [6.45, 7) is 7.79. The monoisotopic (exact) mass is 177 g/mol. The van der Waals surface area contributed by atoms with Crippen LogP contribution < -0.4 is 4.90 Å². The lowest BCUT2D eigenvalue weighted by atomic mass is 10.1. The zero-order valence-electron chi connectivity index (χ0n) is 8.33. The van der Waals surface area contributed by atoms with Crippen LogP contribution in [0.15, 0.2) is 30.5 Å². The Kier molecular flexibility index (Phi) is 2.61. The first-order chi connectivity index (χ1) is 6.02. The Balaban J connectivity index is 3.12. The van der Waals surface area contributed by atoms with Crippen molar-refractivity contribution in [3.05, 3.63) is 36.0 Å². The molecule has 0 saturated carbocycles. The predicted octanol–water partition coefficient (Wildman–Crippen LogP) is 2.67. The lowest BCUT2D eigenvalue weighted by molar-refractivity contribution is 0.475. The Labute approximate surface area is 79.1 Å². The van der Waals surface area contributed by atoms with Crippen molar-refractivity contribution < 1.29 is 5.11 Å². The lowest BCUT2D eigenvalue weighted by Crippen LogP contribution is -2.14. The normalized spacial score (nSPS) is 9.77. The predicted molar refractivity (Wildman–Crippen MR) is 56.1 cm³/mol. The molecule has 1 aromatic carbocycles. The van der Waals surface area contributed by atoms with Crippen LogP contribution in [-0.4, -0.2) is 12.2 Å². The highest BCUT2D eigenvalue weighted by Crippen LogP contribution is 2.25. The maximum absolute atomic E-state index is 9.31. The highest BCUT2D eigenvalue weighted by molar-refractivity contribution is 5.58. The Hall–Kier alpha value is -1.44. The summed E-state index contributed by atoms with van der Waals surface area (Å²) >= 11 is 0. The van der Waals surface area contributed by atoms with Crippen LogP contribution in [-0.2, 0) is 0 Å². The Morgan fingerprint density at radius 1 is 1.46 bits per heavy atom. The van der Waals surface area contributed by atoms with Crippen LogP contribution in [0, 0.1) is 6.92 Å². The van der Waals surface area contributed by atoms with E-state index in [0.29, 0.717) is 0 Å². The third kappa shape index (κ3) is 2.02. The van der Waals surface area contributed by atoms with E-state index in [1.54, 1.807) is 12.1 Å². The number of anilines is 1. The number of rotatable bonds is 2. The minimum absolute atomic E-state index is 0.286. The van der Waals surface area contributed by atoms with E-state index in [0.717, 1.165) is 16.9 Å². The smallest absolute Gasteiger partial charge is 0.117 e. The fourth-order valence-electron chi connectivity index (χ4n) is 1.16. The largest absolute Gasteiger partial charge is 0.508 e. The molecule has 2 nitrogen and oxygen atoms in total. The summed E-state index contributed by atoms with van der Waals surface area (Å²) in [5, 5.41) is 9.31. The van der Waals surface area contributed by atoms with Crippen molar-refractivity contribution in [2.24, 2.45) is 0 Å². The fraction of sp³-hybridized carbons (Fsp3) is 0.273. The van der Waals surface area contributed by atoms with E-state index in [1.165, 1.54) is 0 Å². The van der Waals surface area contributed by atoms with Crippen molar-refractivity contribution in [1.29, 1.82) is 0 Å². The molecular weight excluding hydrogens is 162 g/mol. The van der Waals surface area contributed by atoms with Crippen LogP contribution in [0.5, 0.6) is 5.75 Å². The van der Waals surface area contributed by atoms with Crippen molar-refractivity contribution in [2.45, 2.75) is 13.8 Å². The Bertz CT molecular complexity index is 331. The van der Waals surface area contributed by atoms with E-state index in [4.69, 9.17) is 0 Å². The molecule has 0 radical (unpaired) electrons. The molecule has 13 heavy (non-hydrogen) atoms.